The van der Waals surface area contributed by atoms with Crippen LogP contribution < -0.4 is 27.0 Å². The Morgan fingerprint density at radius 3 is 1.42 bits per heavy atom. The Balaban J connectivity index is 5.74. The van der Waals surface area contributed by atoms with Gasteiger partial charge in [-0.2, -0.15) is 0 Å². The molecule has 0 bridgehead atoms. The maximum atomic E-state index is 13.2. The number of carboxylic acids is 2. The summed E-state index contributed by atoms with van der Waals surface area (Å²) in [5.41, 5.74) is 5.59. The molecule has 0 saturated carbocycles. The van der Waals surface area contributed by atoms with E-state index in [1.807, 2.05) is 13.8 Å². The Kier molecular flexibility index (Phi) is 15.1. The Bertz CT molecular complexity index is 847. The molecule has 0 unspecified atom stereocenters. The monoisotopic (exact) mass is 545 g/mol. The molecule has 0 aromatic heterocycles. The SMILES string of the molecule is CC(C)C[C@H](NC(=O)[C@H](CC(C)C)NC(=O)[C@@H](NC(=O)[C@@H](N)CC(=O)O)C(C)C)C(=O)N[C@@H](CO)C(=O)O. The summed E-state index contributed by atoms with van der Waals surface area (Å²) in [5.74, 6) is -6.33. The van der Waals surface area contributed by atoms with E-state index in [0.29, 0.717) is 0 Å². The van der Waals surface area contributed by atoms with E-state index in [-0.39, 0.29) is 24.7 Å². The number of nitrogens with two attached hydrogens (primary N) is 1. The molecule has 0 spiro atoms. The largest absolute Gasteiger partial charge is 0.481 e. The van der Waals surface area contributed by atoms with Gasteiger partial charge in [-0.1, -0.05) is 41.5 Å². The van der Waals surface area contributed by atoms with Crippen LogP contribution in [0.1, 0.15) is 60.8 Å². The van der Waals surface area contributed by atoms with Crippen LogP contribution in [0.4, 0.5) is 0 Å². The molecule has 0 aliphatic rings. The van der Waals surface area contributed by atoms with E-state index in [0.717, 1.165) is 0 Å². The molecule has 14 heteroatoms. The molecule has 14 nitrogen and oxygen atoms in total. The quantitative estimate of drug-likeness (QED) is 0.106. The molecule has 4 amide bonds. The minimum Gasteiger partial charge on any atom is -0.481 e. The van der Waals surface area contributed by atoms with Gasteiger partial charge in [0.25, 0.3) is 0 Å². The first kappa shape index (κ1) is 34.7. The number of rotatable bonds is 17. The molecule has 0 fully saturated rings. The average molecular weight is 546 g/mol. The predicted octanol–water partition coefficient (Wildman–Crippen LogP) is -1.45. The molecule has 5 atom stereocenters. The van der Waals surface area contributed by atoms with Gasteiger partial charge in [-0.15, -0.1) is 0 Å². The van der Waals surface area contributed by atoms with Crippen molar-refractivity contribution in [2.45, 2.75) is 91.0 Å². The molecule has 0 aromatic rings. The number of carbonyl (C=O) groups excluding carboxylic acids is 4. The van der Waals surface area contributed by atoms with E-state index < -0.39 is 84.7 Å². The number of carboxylic acid groups (broad SMARTS) is 2. The van der Waals surface area contributed by atoms with Crippen LogP contribution in [0.15, 0.2) is 0 Å². The van der Waals surface area contributed by atoms with Crippen molar-refractivity contribution in [1.82, 2.24) is 21.3 Å². The summed E-state index contributed by atoms with van der Waals surface area (Å²) in [6.45, 7) is 9.68. The average Bonchev–Trinajstić information content (AvgIpc) is 2.77. The van der Waals surface area contributed by atoms with Gasteiger partial charge in [-0.25, -0.2) is 4.79 Å². The number of carbonyl (C=O) groups is 6. The standard InChI is InChI=1S/C24H43N5O9/c1-11(2)7-15(22(35)28-17(10-30)24(37)38)26-21(34)16(8-12(3)4)27-23(36)19(13(5)6)29-20(33)14(25)9-18(31)32/h11-17,19,30H,7-10,25H2,1-6H3,(H,26,34)(H,27,36)(H,28,35)(H,29,33)(H,31,32)(H,37,38)/t14-,15-,16-,17-,19-/m0/s1. The lowest BCUT2D eigenvalue weighted by Gasteiger charge is -2.28. The smallest absolute Gasteiger partial charge is 0.328 e. The van der Waals surface area contributed by atoms with Crippen LogP contribution in [0.2, 0.25) is 0 Å². The van der Waals surface area contributed by atoms with Crippen LogP contribution >= 0.6 is 0 Å². The number of hydrogen-bond acceptors (Lipinski definition) is 8. The lowest BCUT2D eigenvalue weighted by Crippen LogP contribution is -2.60. The number of nitrogens with one attached hydrogen (secondary N) is 4. The molecule has 218 valence electrons. The summed E-state index contributed by atoms with van der Waals surface area (Å²) in [6, 6.07) is -6.30. The van der Waals surface area contributed by atoms with Gasteiger partial charge < -0.3 is 42.3 Å². The van der Waals surface area contributed by atoms with Crippen molar-refractivity contribution >= 4 is 35.6 Å². The van der Waals surface area contributed by atoms with Crippen molar-refractivity contribution < 1.29 is 44.1 Å². The van der Waals surface area contributed by atoms with Crippen molar-refractivity contribution in [3.63, 3.8) is 0 Å². The fourth-order valence-electron chi connectivity index (χ4n) is 3.47. The Hall–Kier alpha value is -3.26. The van der Waals surface area contributed by atoms with Gasteiger partial charge >= 0.3 is 11.9 Å². The molecule has 0 rings (SSSR count). The zero-order valence-corrected chi connectivity index (χ0v) is 22.8. The molecule has 0 heterocycles. The van der Waals surface area contributed by atoms with E-state index in [1.165, 1.54) is 0 Å². The van der Waals surface area contributed by atoms with Crippen molar-refractivity contribution in [3.05, 3.63) is 0 Å². The number of aliphatic hydroxyl groups is 1. The normalized spacial score (nSPS) is 15.2. The highest BCUT2D eigenvalue weighted by molar-refractivity contribution is 5.96. The summed E-state index contributed by atoms with van der Waals surface area (Å²) >= 11 is 0. The van der Waals surface area contributed by atoms with Crippen molar-refractivity contribution in [3.8, 4) is 0 Å². The highest BCUT2D eigenvalue weighted by Gasteiger charge is 2.33. The van der Waals surface area contributed by atoms with Gasteiger partial charge in [0.05, 0.1) is 19.1 Å². The molecule has 9 N–H and O–H groups in total. The second kappa shape index (κ2) is 16.6. The summed E-state index contributed by atoms with van der Waals surface area (Å²) in [7, 11) is 0. The molecule has 0 aliphatic carbocycles. The van der Waals surface area contributed by atoms with Crippen LogP contribution in [-0.2, 0) is 28.8 Å². The highest BCUT2D eigenvalue weighted by Crippen LogP contribution is 2.11. The highest BCUT2D eigenvalue weighted by atomic mass is 16.4. The number of aliphatic carboxylic acids is 2. The van der Waals surface area contributed by atoms with E-state index in [2.05, 4.69) is 21.3 Å². The zero-order chi connectivity index (χ0) is 29.7. The molecule has 0 saturated heterocycles. The summed E-state index contributed by atoms with van der Waals surface area (Å²) in [5, 5.41) is 37.0. The maximum Gasteiger partial charge on any atom is 0.328 e. The second-order valence-corrected chi connectivity index (χ2v) is 10.4. The Morgan fingerprint density at radius 2 is 1.08 bits per heavy atom. The van der Waals surface area contributed by atoms with Crippen LogP contribution in [0.5, 0.6) is 0 Å². The predicted molar refractivity (Wildman–Crippen MR) is 136 cm³/mol. The van der Waals surface area contributed by atoms with Gasteiger partial charge in [0.15, 0.2) is 0 Å². The summed E-state index contributed by atoms with van der Waals surface area (Å²) in [6.07, 6.45) is -0.294. The lowest BCUT2D eigenvalue weighted by molar-refractivity contribution is -0.143. The molecule has 0 aliphatic heterocycles. The summed E-state index contributed by atoms with van der Waals surface area (Å²) < 4.78 is 0. The fourth-order valence-corrected chi connectivity index (χ4v) is 3.47. The van der Waals surface area contributed by atoms with E-state index in [4.69, 9.17) is 15.9 Å². The minimum atomic E-state index is -1.55. The van der Waals surface area contributed by atoms with Gasteiger partial charge in [-0.05, 0) is 30.6 Å². The van der Waals surface area contributed by atoms with E-state index in [9.17, 15) is 33.9 Å². The van der Waals surface area contributed by atoms with E-state index >= 15 is 0 Å². The molecular formula is C24H43N5O9. The van der Waals surface area contributed by atoms with Crippen LogP contribution in [-0.4, -0.2) is 87.7 Å². The third-order valence-corrected chi connectivity index (χ3v) is 5.46. The lowest BCUT2D eigenvalue weighted by atomic mass is 9.98. The second-order valence-electron chi connectivity index (χ2n) is 10.4. The van der Waals surface area contributed by atoms with Crippen molar-refractivity contribution in [2.24, 2.45) is 23.5 Å². The van der Waals surface area contributed by atoms with Gasteiger partial charge in [0.1, 0.15) is 24.2 Å². The number of hydrogen-bond donors (Lipinski definition) is 8. The summed E-state index contributed by atoms with van der Waals surface area (Å²) in [4.78, 5) is 73.4. The fraction of sp³-hybridized carbons (Fsp3) is 0.750. The Labute approximate surface area is 222 Å². The minimum absolute atomic E-state index is 0.0646. The first-order valence-corrected chi connectivity index (χ1v) is 12.5. The third-order valence-electron chi connectivity index (χ3n) is 5.46. The van der Waals surface area contributed by atoms with Crippen LogP contribution in [0.3, 0.4) is 0 Å². The van der Waals surface area contributed by atoms with Gasteiger partial charge in [0, 0.05) is 0 Å². The Morgan fingerprint density at radius 1 is 0.658 bits per heavy atom. The van der Waals surface area contributed by atoms with Crippen molar-refractivity contribution in [2.75, 3.05) is 6.61 Å². The first-order valence-electron chi connectivity index (χ1n) is 12.5. The number of aliphatic hydroxyl groups excluding tert-OH is 1. The zero-order valence-electron chi connectivity index (χ0n) is 22.8. The molecule has 0 aromatic carbocycles. The van der Waals surface area contributed by atoms with Gasteiger partial charge in [0.2, 0.25) is 23.6 Å². The van der Waals surface area contributed by atoms with Gasteiger partial charge in [-0.3, -0.25) is 24.0 Å². The maximum absolute atomic E-state index is 13.2. The van der Waals surface area contributed by atoms with Crippen LogP contribution in [0.25, 0.3) is 0 Å². The molecular weight excluding hydrogens is 502 g/mol. The van der Waals surface area contributed by atoms with E-state index in [1.54, 1.807) is 27.7 Å². The van der Waals surface area contributed by atoms with Crippen LogP contribution in [0, 0.1) is 17.8 Å². The third kappa shape index (κ3) is 12.8. The topological polar surface area (TPSA) is 237 Å². The van der Waals surface area contributed by atoms with Crippen molar-refractivity contribution in [1.29, 1.82) is 0 Å². The molecule has 38 heavy (non-hydrogen) atoms. The number of amides is 4. The first-order chi connectivity index (χ1) is 17.5. The molecule has 0 radical (unpaired) electrons.